The van der Waals surface area contributed by atoms with Crippen LogP contribution in [0.4, 0.5) is 0 Å². The van der Waals surface area contributed by atoms with Gasteiger partial charge in [-0.1, -0.05) is 24.3 Å². The molecule has 0 saturated heterocycles. The molecule has 0 spiro atoms. The molecule has 0 heterocycles. The zero-order valence-corrected chi connectivity index (χ0v) is 15.8. The molecule has 0 atom stereocenters. The van der Waals surface area contributed by atoms with Gasteiger partial charge in [-0.05, 0) is 35.7 Å². The molecule has 140 valence electrons. The zero-order valence-electron chi connectivity index (χ0n) is 15.8. The molecule has 0 aliphatic rings. The fourth-order valence-electron chi connectivity index (χ4n) is 2.62. The topological polar surface area (TPSA) is 64.1 Å². The van der Waals surface area contributed by atoms with E-state index in [9.17, 15) is 0 Å². The molecule has 0 radical (unpaired) electrons. The standard InChI is InChI=1S/C20H27N3O3/c1-21-20(22-12-11-16-7-5-6-8-17(16)24-2)23-14-15-9-10-18(25-3)19(13-15)26-4/h5-10,13H,11-12,14H2,1-4H3,(H2,21,22,23). The number of para-hydroxylation sites is 1. The number of rotatable bonds is 8. The summed E-state index contributed by atoms with van der Waals surface area (Å²) >= 11 is 0. The first-order chi connectivity index (χ1) is 12.7. The van der Waals surface area contributed by atoms with Gasteiger partial charge in [-0.25, -0.2) is 0 Å². The van der Waals surface area contributed by atoms with Crippen molar-refractivity contribution in [1.29, 1.82) is 0 Å². The van der Waals surface area contributed by atoms with Crippen LogP contribution in [0.15, 0.2) is 47.5 Å². The highest BCUT2D eigenvalue weighted by Crippen LogP contribution is 2.27. The highest BCUT2D eigenvalue weighted by atomic mass is 16.5. The van der Waals surface area contributed by atoms with E-state index in [0.29, 0.717) is 12.3 Å². The number of methoxy groups -OCH3 is 3. The lowest BCUT2D eigenvalue weighted by Gasteiger charge is -2.14. The molecule has 0 aliphatic heterocycles. The molecule has 0 fully saturated rings. The summed E-state index contributed by atoms with van der Waals surface area (Å²) < 4.78 is 16.0. The van der Waals surface area contributed by atoms with Crippen molar-refractivity contribution in [1.82, 2.24) is 10.6 Å². The lowest BCUT2D eigenvalue weighted by atomic mass is 10.1. The molecule has 26 heavy (non-hydrogen) atoms. The van der Waals surface area contributed by atoms with Crippen molar-refractivity contribution < 1.29 is 14.2 Å². The molecular weight excluding hydrogens is 330 g/mol. The molecular formula is C20H27N3O3. The van der Waals surface area contributed by atoms with Crippen LogP contribution in [0.2, 0.25) is 0 Å². The van der Waals surface area contributed by atoms with Crippen LogP contribution in [-0.4, -0.2) is 40.9 Å². The first-order valence-electron chi connectivity index (χ1n) is 8.49. The van der Waals surface area contributed by atoms with Gasteiger partial charge in [0.2, 0.25) is 0 Å². The summed E-state index contributed by atoms with van der Waals surface area (Å²) in [5.74, 6) is 3.08. The largest absolute Gasteiger partial charge is 0.496 e. The third kappa shape index (κ3) is 5.31. The van der Waals surface area contributed by atoms with Crippen molar-refractivity contribution in [3.63, 3.8) is 0 Å². The fourth-order valence-corrected chi connectivity index (χ4v) is 2.62. The van der Waals surface area contributed by atoms with E-state index in [-0.39, 0.29) is 0 Å². The number of hydrogen-bond donors (Lipinski definition) is 2. The van der Waals surface area contributed by atoms with Gasteiger partial charge < -0.3 is 24.8 Å². The number of nitrogens with one attached hydrogen (secondary N) is 2. The summed E-state index contributed by atoms with van der Waals surface area (Å²) in [5.41, 5.74) is 2.24. The fraction of sp³-hybridized carbons (Fsp3) is 0.350. The second-order valence-corrected chi connectivity index (χ2v) is 5.60. The molecule has 0 amide bonds. The lowest BCUT2D eigenvalue weighted by molar-refractivity contribution is 0.354. The number of nitrogens with zero attached hydrogens (tertiary/aromatic N) is 1. The SMILES string of the molecule is CN=C(NCCc1ccccc1OC)NCc1ccc(OC)c(OC)c1. The molecule has 0 bridgehead atoms. The third-order valence-electron chi connectivity index (χ3n) is 4.01. The van der Waals surface area contributed by atoms with Gasteiger partial charge in [0, 0.05) is 20.1 Å². The normalized spacial score (nSPS) is 11.0. The molecule has 2 N–H and O–H groups in total. The van der Waals surface area contributed by atoms with Gasteiger partial charge in [0.05, 0.1) is 21.3 Å². The minimum Gasteiger partial charge on any atom is -0.496 e. The monoisotopic (exact) mass is 357 g/mol. The Hall–Kier alpha value is -2.89. The minimum atomic E-state index is 0.634. The van der Waals surface area contributed by atoms with E-state index in [0.717, 1.165) is 41.6 Å². The van der Waals surface area contributed by atoms with Gasteiger partial charge in [0.15, 0.2) is 17.5 Å². The Bertz CT molecular complexity index is 732. The van der Waals surface area contributed by atoms with Gasteiger partial charge in [-0.15, -0.1) is 0 Å². The first-order valence-corrected chi connectivity index (χ1v) is 8.49. The van der Waals surface area contributed by atoms with E-state index in [4.69, 9.17) is 14.2 Å². The number of guanidine groups is 1. The van der Waals surface area contributed by atoms with E-state index >= 15 is 0 Å². The van der Waals surface area contributed by atoms with Crippen molar-refractivity contribution in [3.05, 3.63) is 53.6 Å². The average molecular weight is 357 g/mol. The minimum absolute atomic E-state index is 0.634. The van der Waals surface area contributed by atoms with Crippen molar-refractivity contribution in [2.24, 2.45) is 4.99 Å². The highest BCUT2D eigenvalue weighted by Gasteiger charge is 2.06. The van der Waals surface area contributed by atoms with Gasteiger partial charge in [0.1, 0.15) is 5.75 Å². The van der Waals surface area contributed by atoms with Crippen molar-refractivity contribution in [3.8, 4) is 17.2 Å². The van der Waals surface area contributed by atoms with Crippen LogP contribution in [0.1, 0.15) is 11.1 Å². The van der Waals surface area contributed by atoms with Gasteiger partial charge in [0.25, 0.3) is 0 Å². The number of ether oxygens (including phenoxy) is 3. The van der Waals surface area contributed by atoms with Gasteiger partial charge in [-0.3, -0.25) is 4.99 Å². The Morgan fingerprint density at radius 3 is 2.31 bits per heavy atom. The van der Waals surface area contributed by atoms with Crippen molar-refractivity contribution >= 4 is 5.96 Å². The Labute approximate surface area is 155 Å². The molecule has 6 nitrogen and oxygen atoms in total. The Balaban J connectivity index is 1.86. The van der Waals surface area contributed by atoms with Crippen LogP contribution in [0.5, 0.6) is 17.2 Å². The van der Waals surface area contributed by atoms with Crippen LogP contribution in [-0.2, 0) is 13.0 Å². The molecule has 0 saturated carbocycles. The summed E-state index contributed by atoms with van der Waals surface area (Å²) in [6.07, 6.45) is 0.848. The van der Waals surface area contributed by atoms with Crippen LogP contribution in [0, 0.1) is 0 Å². The van der Waals surface area contributed by atoms with E-state index < -0.39 is 0 Å². The molecule has 0 aliphatic carbocycles. The molecule has 6 heteroatoms. The third-order valence-corrected chi connectivity index (χ3v) is 4.01. The maximum atomic E-state index is 5.38. The molecule has 2 aromatic rings. The van der Waals surface area contributed by atoms with Crippen LogP contribution in [0.25, 0.3) is 0 Å². The summed E-state index contributed by atoms with van der Waals surface area (Å²) in [7, 11) is 6.71. The number of benzene rings is 2. The van der Waals surface area contributed by atoms with E-state index in [1.807, 2.05) is 36.4 Å². The van der Waals surface area contributed by atoms with Crippen molar-refractivity contribution in [2.45, 2.75) is 13.0 Å². The quantitative estimate of drug-likeness (QED) is 0.562. The van der Waals surface area contributed by atoms with Crippen LogP contribution >= 0.6 is 0 Å². The maximum absolute atomic E-state index is 5.38. The second-order valence-electron chi connectivity index (χ2n) is 5.60. The first kappa shape index (κ1) is 19.4. The lowest BCUT2D eigenvalue weighted by Crippen LogP contribution is -2.37. The molecule has 2 rings (SSSR count). The Morgan fingerprint density at radius 1 is 0.885 bits per heavy atom. The summed E-state index contributed by atoms with van der Waals surface area (Å²) in [5, 5.41) is 6.62. The molecule has 0 aromatic heterocycles. The second kappa shape index (κ2) is 10.2. The predicted octanol–water partition coefficient (Wildman–Crippen LogP) is 2.62. The number of aliphatic imine (C=N–C) groups is 1. The predicted molar refractivity (Wildman–Crippen MR) is 104 cm³/mol. The molecule has 0 unspecified atom stereocenters. The maximum Gasteiger partial charge on any atom is 0.191 e. The highest BCUT2D eigenvalue weighted by molar-refractivity contribution is 5.79. The summed E-state index contributed by atoms with van der Waals surface area (Å²) in [4.78, 5) is 4.26. The Kier molecular flexibility index (Phi) is 7.61. The van der Waals surface area contributed by atoms with Crippen LogP contribution in [0.3, 0.4) is 0 Å². The Morgan fingerprint density at radius 2 is 1.62 bits per heavy atom. The van der Waals surface area contributed by atoms with Gasteiger partial charge in [-0.2, -0.15) is 0 Å². The van der Waals surface area contributed by atoms with Crippen molar-refractivity contribution in [2.75, 3.05) is 34.9 Å². The number of hydrogen-bond acceptors (Lipinski definition) is 4. The smallest absolute Gasteiger partial charge is 0.191 e. The average Bonchev–Trinajstić information content (AvgIpc) is 2.70. The van der Waals surface area contributed by atoms with Gasteiger partial charge >= 0.3 is 0 Å². The summed E-state index contributed by atoms with van der Waals surface area (Å²) in [6, 6.07) is 13.9. The van der Waals surface area contributed by atoms with Crippen LogP contribution < -0.4 is 24.8 Å². The summed E-state index contributed by atoms with van der Waals surface area (Å²) in [6.45, 7) is 1.39. The van der Waals surface area contributed by atoms with E-state index in [2.05, 4.69) is 21.7 Å². The molecule has 2 aromatic carbocycles. The zero-order chi connectivity index (χ0) is 18.8. The van der Waals surface area contributed by atoms with E-state index in [1.165, 1.54) is 0 Å². The van der Waals surface area contributed by atoms with E-state index in [1.54, 1.807) is 28.4 Å².